The minimum atomic E-state index is -0.735. The number of nitrogens with two attached hydrogens (primary N) is 1. The summed E-state index contributed by atoms with van der Waals surface area (Å²) in [6.07, 6.45) is 1.59. The Kier molecular flexibility index (Phi) is 6.33. The first-order valence-corrected chi connectivity index (χ1v) is 9.29. The highest BCUT2D eigenvalue weighted by Crippen LogP contribution is 2.32. The van der Waals surface area contributed by atoms with Gasteiger partial charge < -0.3 is 15.2 Å². The van der Waals surface area contributed by atoms with Crippen LogP contribution in [0.4, 0.5) is 4.79 Å². The molecule has 1 aliphatic rings. The molecule has 1 aliphatic heterocycles. The Hall–Kier alpha value is -3.26. The van der Waals surface area contributed by atoms with Crippen molar-refractivity contribution in [3.05, 3.63) is 65.1 Å². The fourth-order valence-electron chi connectivity index (χ4n) is 2.44. The molecule has 8 heteroatoms. The molecule has 1 saturated heterocycles. The second kappa shape index (κ2) is 9.09. The molecule has 0 aliphatic carbocycles. The van der Waals surface area contributed by atoms with Gasteiger partial charge in [0.15, 0.2) is 0 Å². The number of imide groups is 1. The van der Waals surface area contributed by atoms with Crippen molar-refractivity contribution < 1.29 is 23.9 Å². The molecule has 0 unspecified atom stereocenters. The largest absolute Gasteiger partial charge is 0.490 e. The van der Waals surface area contributed by atoms with Crippen molar-refractivity contribution >= 4 is 34.9 Å². The van der Waals surface area contributed by atoms with Gasteiger partial charge in [0, 0.05) is 0 Å². The van der Waals surface area contributed by atoms with Crippen LogP contribution in [-0.2, 0) is 9.59 Å². The van der Waals surface area contributed by atoms with Crippen molar-refractivity contribution in [1.29, 1.82) is 0 Å². The van der Waals surface area contributed by atoms with Crippen LogP contribution >= 0.6 is 11.8 Å². The van der Waals surface area contributed by atoms with E-state index in [-0.39, 0.29) is 4.91 Å². The maximum atomic E-state index is 12.2. The van der Waals surface area contributed by atoms with E-state index < -0.39 is 23.6 Å². The normalized spacial score (nSPS) is 15.1. The molecular weight excluding hydrogens is 380 g/mol. The molecule has 0 atom stereocenters. The van der Waals surface area contributed by atoms with E-state index >= 15 is 0 Å². The summed E-state index contributed by atoms with van der Waals surface area (Å²) in [5, 5.41) is -0.506. The number of nitrogens with zero attached hydrogens (tertiary/aromatic N) is 1. The van der Waals surface area contributed by atoms with Gasteiger partial charge in [0.25, 0.3) is 11.1 Å². The molecule has 7 nitrogen and oxygen atoms in total. The number of hydrogen-bond acceptors (Lipinski definition) is 6. The number of benzene rings is 2. The van der Waals surface area contributed by atoms with Crippen LogP contribution in [0.2, 0.25) is 0 Å². The van der Waals surface area contributed by atoms with Gasteiger partial charge in [-0.05, 0) is 47.7 Å². The number of ether oxygens (including phenoxy) is 2. The third-order valence-electron chi connectivity index (χ3n) is 3.73. The van der Waals surface area contributed by atoms with Crippen molar-refractivity contribution in [2.75, 3.05) is 19.8 Å². The number of rotatable bonds is 8. The topological polar surface area (TPSA) is 98.9 Å². The van der Waals surface area contributed by atoms with Gasteiger partial charge in [-0.25, -0.2) is 0 Å². The van der Waals surface area contributed by atoms with Gasteiger partial charge in [0.1, 0.15) is 31.3 Å². The number of carbonyl (C=O) groups is 3. The minimum absolute atomic E-state index is 0.246. The molecular formula is C20H18N2O5S. The van der Waals surface area contributed by atoms with Crippen LogP contribution < -0.4 is 15.2 Å². The molecule has 0 spiro atoms. The number of para-hydroxylation sites is 1. The van der Waals surface area contributed by atoms with Crippen LogP contribution in [-0.4, -0.2) is 41.7 Å². The lowest BCUT2D eigenvalue weighted by molar-refractivity contribution is -0.127. The predicted molar refractivity (Wildman–Crippen MR) is 106 cm³/mol. The number of carbonyl (C=O) groups excluding carboxylic acids is 3. The summed E-state index contributed by atoms with van der Waals surface area (Å²) in [6.45, 7) is 0.388. The Labute approximate surface area is 166 Å². The quantitative estimate of drug-likeness (QED) is 0.542. The molecule has 0 saturated carbocycles. The molecule has 2 N–H and O–H groups in total. The summed E-state index contributed by atoms with van der Waals surface area (Å²) >= 11 is 0.781. The molecule has 0 radical (unpaired) electrons. The number of hydrogen-bond donors (Lipinski definition) is 1. The molecule has 2 aromatic rings. The molecule has 1 heterocycles. The Morgan fingerprint density at radius 1 is 0.964 bits per heavy atom. The zero-order valence-corrected chi connectivity index (χ0v) is 15.7. The van der Waals surface area contributed by atoms with E-state index in [1.807, 2.05) is 30.3 Å². The highest BCUT2D eigenvalue weighted by atomic mass is 32.2. The Balaban J connectivity index is 1.53. The summed E-state index contributed by atoms with van der Waals surface area (Å²) in [7, 11) is 0. The first-order valence-electron chi connectivity index (χ1n) is 8.47. The monoisotopic (exact) mass is 398 g/mol. The Bertz CT molecular complexity index is 897. The van der Waals surface area contributed by atoms with Crippen molar-refractivity contribution in [3.8, 4) is 11.5 Å². The molecule has 2 aromatic carbocycles. The van der Waals surface area contributed by atoms with Crippen LogP contribution in [0.5, 0.6) is 11.5 Å². The van der Waals surface area contributed by atoms with Crippen LogP contribution in [0.25, 0.3) is 6.08 Å². The predicted octanol–water partition coefficient (Wildman–Crippen LogP) is 2.67. The third kappa shape index (κ3) is 5.14. The van der Waals surface area contributed by atoms with Crippen LogP contribution in [0.1, 0.15) is 5.56 Å². The summed E-state index contributed by atoms with van der Waals surface area (Å²) in [5.74, 6) is 0.191. The average molecular weight is 398 g/mol. The number of primary amides is 1. The third-order valence-corrected chi connectivity index (χ3v) is 4.64. The van der Waals surface area contributed by atoms with Gasteiger partial charge in [-0.3, -0.25) is 19.3 Å². The van der Waals surface area contributed by atoms with Crippen LogP contribution in [0, 0.1) is 0 Å². The highest BCUT2D eigenvalue weighted by Gasteiger charge is 2.35. The first-order chi connectivity index (χ1) is 13.5. The van der Waals surface area contributed by atoms with E-state index in [0.717, 1.165) is 28.0 Å². The molecule has 0 bridgehead atoms. The van der Waals surface area contributed by atoms with Gasteiger partial charge in [0.05, 0.1) is 4.91 Å². The van der Waals surface area contributed by atoms with Crippen molar-refractivity contribution in [2.45, 2.75) is 0 Å². The zero-order valence-electron chi connectivity index (χ0n) is 14.9. The highest BCUT2D eigenvalue weighted by molar-refractivity contribution is 8.18. The average Bonchev–Trinajstić information content (AvgIpc) is 2.94. The Morgan fingerprint density at radius 2 is 1.57 bits per heavy atom. The molecule has 28 heavy (non-hydrogen) atoms. The van der Waals surface area contributed by atoms with Gasteiger partial charge >= 0.3 is 0 Å². The van der Waals surface area contributed by atoms with Gasteiger partial charge in [-0.2, -0.15) is 0 Å². The lowest BCUT2D eigenvalue weighted by Crippen LogP contribution is -2.36. The Morgan fingerprint density at radius 3 is 2.18 bits per heavy atom. The number of thioether (sulfide) groups is 1. The molecule has 1 fully saturated rings. The second-order valence-corrected chi connectivity index (χ2v) is 6.81. The SMILES string of the molecule is NC(=O)CN1C(=O)S/C(=C\c2ccc(OCCOc3ccccc3)cc2)C1=O. The summed E-state index contributed by atoms with van der Waals surface area (Å²) < 4.78 is 11.2. The van der Waals surface area contributed by atoms with Crippen LogP contribution in [0.3, 0.4) is 0 Å². The summed E-state index contributed by atoms with van der Waals surface area (Å²) in [5.41, 5.74) is 5.79. The number of amides is 3. The van der Waals surface area contributed by atoms with E-state index in [9.17, 15) is 14.4 Å². The first kappa shape index (κ1) is 19.5. The van der Waals surface area contributed by atoms with E-state index in [0.29, 0.717) is 19.0 Å². The van der Waals surface area contributed by atoms with Crippen molar-refractivity contribution in [3.63, 3.8) is 0 Å². The van der Waals surface area contributed by atoms with Gasteiger partial charge in [0.2, 0.25) is 5.91 Å². The van der Waals surface area contributed by atoms with E-state index in [1.165, 1.54) is 0 Å². The second-order valence-electron chi connectivity index (χ2n) is 5.81. The molecule has 3 amide bonds. The fourth-order valence-corrected chi connectivity index (χ4v) is 3.28. The maximum absolute atomic E-state index is 12.2. The zero-order chi connectivity index (χ0) is 19.9. The van der Waals surface area contributed by atoms with Crippen molar-refractivity contribution in [1.82, 2.24) is 4.90 Å². The van der Waals surface area contributed by atoms with Gasteiger partial charge in [-0.1, -0.05) is 30.3 Å². The lowest BCUT2D eigenvalue weighted by Gasteiger charge is -2.09. The summed E-state index contributed by atoms with van der Waals surface area (Å²) in [4.78, 5) is 36.0. The van der Waals surface area contributed by atoms with Crippen LogP contribution in [0.15, 0.2) is 59.5 Å². The fraction of sp³-hybridized carbons (Fsp3) is 0.150. The van der Waals surface area contributed by atoms with E-state index in [2.05, 4.69) is 0 Å². The maximum Gasteiger partial charge on any atom is 0.294 e. The van der Waals surface area contributed by atoms with E-state index in [1.54, 1.807) is 30.3 Å². The van der Waals surface area contributed by atoms with E-state index in [4.69, 9.17) is 15.2 Å². The van der Waals surface area contributed by atoms with Crippen molar-refractivity contribution in [2.24, 2.45) is 5.73 Å². The molecule has 3 rings (SSSR count). The smallest absolute Gasteiger partial charge is 0.294 e. The lowest BCUT2D eigenvalue weighted by atomic mass is 10.2. The van der Waals surface area contributed by atoms with Gasteiger partial charge in [-0.15, -0.1) is 0 Å². The standard InChI is InChI=1S/C20H18N2O5S/c21-18(23)13-22-19(24)17(28-20(22)25)12-14-6-8-16(9-7-14)27-11-10-26-15-4-2-1-3-5-15/h1-9,12H,10-11,13H2,(H2,21,23)/b17-12-. The summed E-state index contributed by atoms with van der Waals surface area (Å²) in [6, 6.07) is 16.5. The minimum Gasteiger partial charge on any atom is -0.490 e. The molecule has 0 aromatic heterocycles. The molecule has 144 valence electrons.